The van der Waals surface area contributed by atoms with Crippen molar-refractivity contribution in [2.45, 2.75) is 13.8 Å². The van der Waals surface area contributed by atoms with E-state index in [1.165, 1.54) is 0 Å². The Hall–Kier alpha value is -2.68. The van der Waals surface area contributed by atoms with E-state index in [0.29, 0.717) is 11.3 Å². The molecule has 0 aliphatic heterocycles. The molecule has 0 heterocycles. The molecule has 0 aliphatic rings. The Morgan fingerprint density at radius 1 is 0.810 bits per heavy atom. The minimum absolute atomic E-state index is 0.384. The van der Waals surface area contributed by atoms with Crippen molar-refractivity contribution < 1.29 is 0 Å². The predicted octanol–water partition coefficient (Wildman–Crippen LogP) is 3.31. The average Bonchev–Trinajstić information content (AvgIpc) is 2.51. The average molecular weight is 277 g/mol. The first kappa shape index (κ1) is 13.3. The van der Waals surface area contributed by atoms with Gasteiger partial charge in [0.25, 0.3) is 5.43 Å². The molecule has 0 aliphatic carbocycles. The fraction of sp³-hybridized carbons (Fsp3) is 0.111. The molecular formula is C18H15NO2. The minimum atomic E-state index is -0.452. The van der Waals surface area contributed by atoms with Gasteiger partial charge in [0.2, 0.25) is 5.43 Å². The van der Waals surface area contributed by atoms with Crippen molar-refractivity contribution in [1.29, 1.82) is 0 Å². The molecule has 1 N–H and O–H groups in total. The Kier molecular flexibility index (Phi) is 3.18. The summed E-state index contributed by atoms with van der Waals surface area (Å²) < 4.78 is 0. The van der Waals surface area contributed by atoms with E-state index in [-0.39, 0.29) is 0 Å². The van der Waals surface area contributed by atoms with Crippen molar-refractivity contribution >= 4 is 11.4 Å². The quantitative estimate of drug-likeness (QED) is 0.747. The predicted molar refractivity (Wildman–Crippen MR) is 86.0 cm³/mol. The van der Waals surface area contributed by atoms with E-state index in [9.17, 15) is 9.59 Å². The van der Waals surface area contributed by atoms with Crippen LogP contribution in [-0.2, 0) is 0 Å². The minimum Gasteiger partial charge on any atom is -0.352 e. The number of hydrogen-bond acceptors (Lipinski definition) is 3. The molecule has 0 spiro atoms. The van der Waals surface area contributed by atoms with Crippen molar-refractivity contribution in [2.75, 3.05) is 5.32 Å². The molecular weight excluding hydrogens is 262 g/mol. The van der Waals surface area contributed by atoms with Crippen LogP contribution in [-0.4, -0.2) is 0 Å². The summed E-state index contributed by atoms with van der Waals surface area (Å²) in [4.78, 5) is 23.7. The second-order valence-corrected chi connectivity index (χ2v) is 5.20. The van der Waals surface area contributed by atoms with E-state index >= 15 is 0 Å². The Labute approximate surface area is 122 Å². The first-order valence-electron chi connectivity index (χ1n) is 6.81. The zero-order chi connectivity index (χ0) is 15.0. The first-order chi connectivity index (χ1) is 10.1. The van der Waals surface area contributed by atoms with Crippen LogP contribution in [0.2, 0.25) is 0 Å². The molecule has 0 atom stereocenters. The van der Waals surface area contributed by atoms with Gasteiger partial charge >= 0.3 is 0 Å². The van der Waals surface area contributed by atoms with Crippen molar-refractivity contribution in [3.05, 3.63) is 80.1 Å². The van der Waals surface area contributed by atoms with Crippen molar-refractivity contribution in [3.63, 3.8) is 0 Å². The summed E-state index contributed by atoms with van der Waals surface area (Å²) >= 11 is 0. The van der Waals surface area contributed by atoms with Crippen LogP contribution in [0.25, 0.3) is 11.1 Å². The SMILES string of the molecule is Cc1ccc(-c2c(Nc3ccccc3)c(=O)c2=O)cc1C. The highest BCUT2D eigenvalue weighted by Crippen LogP contribution is 2.27. The Bertz CT molecular complexity index is 872. The standard InChI is InChI=1S/C18H15NO2/c1-11-8-9-13(10-12(11)2)15-16(18(21)17(15)20)19-14-6-4-3-5-7-14/h3-10,19H,1-2H3. The smallest absolute Gasteiger partial charge is 0.250 e. The lowest BCUT2D eigenvalue weighted by atomic mass is 9.95. The van der Waals surface area contributed by atoms with E-state index < -0.39 is 10.9 Å². The summed E-state index contributed by atoms with van der Waals surface area (Å²) in [6.07, 6.45) is 0. The number of rotatable bonds is 3. The molecule has 0 radical (unpaired) electrons. The van der Waals surface area contributed by atoms with Gasteiger partial charge in [-0.25, -0.2) is 0 Å². The number of aryl methyl sites for hydroxylation is 2. The highest BCUT2D eigenvalue weighted by molar-refractivity contribution is 5.85. The third-order valence-corrected chi connectivity index (χ3v) is 3.75. The van der Waals surface area contributed by atoms with Crippen LogP contribution < -0.4 is 16.2 Å². The maximum atomic E-state index is 11.9. The van der Waals surface area contributed by atoms with Gasteiger partial charge in [-0.1, -0.05) is 36.4 Å². The number of anilines is 2. The molecule has 0 saturated heterocycles. The molecule has 3 heteroatoms. The zero-order valence-corrected chi connectivity index (χ0v) is 11.9. The normalized spacial score (nSPS) is 10.8. The molecule has 0 unspecified atom stereocenters. The molecule has 3 aromatic rings. The van der Waals surface area contributed by atoms with E-state index in [2.05, 4.69) is 5.32 Å². The second-order valence-electron chi connectivity index (χ2n) is 5.20. The van der Waals surface area contributed by atoms with Gasteiger partial charge in [-0.15, -0.1) is 0 Å². The summed E-state index contributed by atoms with van der Waals surface area (Å²) in [6, 6.07) is 15.2. The van der Waals surface area contributed by atoms with Crippen LogP contribution in [0.15, 0.2) is 58.1 Å². The lowest BCUT2D eigenvalue weighted by molar-refractivity contribution is 1.32. The lowest BCUT2D eigenvalue weighted by Gasteiger charge is -2.14. The highest BCUT2D eigenvalue weighted by atomic mass is 16.2. The molecule has 0 amide bonds. The molecule has 3 aromatic carbocycles. The van der Waals surface area contributed by atoms with E-state index in [1.807, 2.05) is 62.4 Å². The van der Waals surface area contributed by atoms with Crippen LogP contribution in [0.1, 0.15) is 11.1 Å². The molecule has 0 bridgehead atoms. The second kappa shape index (κ2) is 5.02. The number of para-hydroxylation sites is 1. The third-order valence-electron chi connectivity index (χ3n) is 3.75. The van der Waals surface area contributed by atoms with Gasteiger partial charge in [0, 0.05) is 5.69 Å². The van der Waals surface area contributed by atoms with Gasteiger partial charge in [0.1, 0.15) is 5.69 Å². The van der Waals surface area contributed by atoms with Gasteiger partial charge in [-0.05, 0) is 42.7 Å². The highest BCUT2D eigenvalue weighted by Gasteiger charge is 2.22. The first-order valence-corrected chi connectivity index (χ1v) is 6.81. The Morgan fingerprint density at radius 2 is 1.52 bits per heavy atom. The van der Waals surface area contributed by atoms with Gasteiger partial charge in [0.05, 0.1) is 5.56 Å². The molecule has 3 nitrogen and oxygen atoms in total. The van der Waals surface area contributed by atoms with Crippen LogP contribution in [0.3, 0.4) is 0 Å². The number of benzene rings is 2. The summed E-state index contributed by atoms with van der Waals surface area (Å²) in [6.45, 7) is 4.01. The summed E-state index contributed by atoms with van der Waals surface area (Å²) in [5.41, 5.74) is 3.85. The van der Waals surface area contributed by atoms with Gasteiger partial charge in [-0.3, -0.25) is 9.59 Å². The molecule has 3 rings (SSSR count). The van der Waals surface area contributed by atoms with E-state index in [1.54, 1.807) is 0 Å². The van der Waals surface area contributed by atoms with Crippen LogP contribution in [0.5, 0.6) is 0 Å². The Balaban J connectivity index is 2.04. The molecule has 21 heavy (non-hydrogen) atoms. The molecule has 0 saturated carbocycles. The number of nitrogens with one attached hydrogen (secondary N) is 1. The fourth-order valence-electron chi connectivity index (χ4n) is 2.35. The van der Waals surface area contributed by atoms with Gasteiger partial charge < -0.3 is 5.32 Å². The Morgan fingerprint density at radius 3 is 2.19 bits per heavy atom. The zero-order valence-electron chi connectivity index (χ0n) is 11.9. The third kappa shape index (κ3) is 2.27. The van der Waals surface area contributed by atoms with Crippen LogP contribution >= 0.6 is 0 Å². The van der Waals surface area contributed by atoms with Gasteiger partial charge in [-0.2, -0.15) is 0 Å². The molecule has 0 fully saturated rings. The molecule has 104 valence electrons. The van der Waals surface area contributed by atoms with E-state index in [4.69, 9.17) is 0 Å². The topological polar surface area (TPSA) is 46.2 Å². The van der Waals surface area contributed by atoms with Gasteiger partial charge in [0.15, 0.2) is 0 Å². The van der Waals surface area contributed by atoms with Crippen molar-refractivity contribution in [2.24, 2.45) is 0 Å². The maximum Gasteiger partial charge on any atom is 0.250 e. The largest absolute Gasteiger partial charge is 0.352 e. The number of hydrogen-bond donors (Lipinski definition) is 1. The van der Waals surface area contributed by atoms with E-state index in [0.717, 1.165) is 22.4 Å². The summed E-state index contributed by atoms with van der Waals surface area (Å²) in [5.74, 6) is 0. The monoisotopic (exact) mass is 277 g/mol. The fourth-order valence-corrected chi connectivity index (χ4v) is 2.35. The van der Waals surface area contributed by atoms with Crippen molar-refractivity contribution in [3.8, 4) is 11.1 Å². The molecule has 0 aromatic heterocycles. The maximum absolute atomic E-state index is 11.9. The lowest BCUT2D eigenvalue weighted by Crippen LogP contribution is -2.35. The van der Waals surface area contributed by atoms with Crippen LogP contribution in [0, 0.1) is 13.8 Å². The summed E-state index contributed by atoms with van der Waals surface area (Å²) in [5, 5.41) is 3.05. The van der Waals surface area contributed by atoms with Crippen molar-refractivity contribution in [1.82, 2.24) is 0 Å². The summed E-state index contributed by atoms with van der Waals surface area (Å²) in [7, 11) is 0. The van der Waals surface area contributed by atoms with Crippen LogP contribution in [0.4, 0.5) is 11.4 Å².